The van der Waals surface area contributed by atoms with Crippen molar-refractivity contribution in [1.82, 2.24) is 9.21 Å². The highest BCUT2D eigenvalue weighted by Crippen LogP contribution is 2.28. The summed E-state index contributed by atoms with van der Waals surface area (Å²) in [6.45, 7) is 6.50. The van der Waals surface area contributed by atoms with E-state index in [1.165, 1.54) is 55.1 Å². The summed E-state index contributed by atoms with van der Waals surface area (Å²) in [7, 11) is -0.567. The fourth-order valence-corrected chi connectivity index (χ4v) is 7.01. The van der Waals surface area contributed by atoms with E-state index in [-0.39, 0.29) is 10.7 Å². The van der Waals surface area contributed by atoms with E-state index in [9.17, 15) is 13.2 Å². The van der Waals surface area contributed by atoms with Crippen molar-refractivity contribution in [2.45, 2.75) is 67.7 Å². The molecular weight excluding hydrogens is 502 g/mol. The van der Waals surface area contributed by atoms with Crippen molar-refractivity contribution in [3.8, 4) is 0 Å². The van der Waals surface area contributed by atoms with Crippen molar-refractivity contribution in [3.63, 3.8) is 0 Å². The third-order valence-electron chi connectivity index (χ3n) is 7.28. The van der Waals surface area contributed by atoms with E-state index < -0.39 is 10.0 Å². The second-order valence-electron chi connectivity index (χ2n) is 9.98. The highest BCUT2D eigenvalue weighted by Gasteiger charge is 2.25. The Balaban J connectivity index is 1.54. The zero-order valence-electron chi connectivity index (χ0n) is 22.9. The maximum atomic E-state index is 13.0. The van der Waals surface area contributed by atoms with E-state index in [0.717, 1.165) is 45.4 Å². The van der Waals surface area contributed by atoms with Crippen LogP contribution in [-0.2, 0) is 10.0 Å². The molecule has 37 heavy (non-hydrogen) atoms. The summed E-state index contributed by atoms with van der Waals surface area (Å²) < 4.78 is 26.7. The van der Waals surface area contributed by atoms with E-state index in [0.29, 0.717) is 22.9 Å². The number of hydrogen-bond donors (Lipinski definition) is 0. The number of para-hydroxylation sites is 1. The zero-order valence-corrected chi connectivity index (χ0v) is 24.5. The molecule has 204 valence electrons. The minimum atomic E-state index is -3.60. The minimum absolute atomic E-state index is 0.0180. The zero-order chi connectivity index (χ0) is 26.8. The number of Topliss-reactive ketones (excluding diaryl/α,β-unsaturated/α-hetero) is 1. The third kappa shape index (κ3) is 8.06. The number of rotatable bonds is 14. The molecule has 2 aromatic carbocycles. The molecule has 1 aliphatic rings. The Labute approximate surface area is 228 Å². The second kappa shape index (κ2) is 14.3. The van der Waals surface area contributed by atoms with Crippen LogP contribution in [0.25, 0.3) is 0 Å². The maximum absolute atomic E-state index is 13.0. The van der Waals surface area contributed by atoms with Gasteiger partial charge >= 0.3 is 0 Å². The average molecular weight is 546 g/mol. The number of nitrogens with zero attached hydrogens (tertiary/aromatic N) is 3. The molecule has 0 amide bonds. The summed E-state index contributed by atoms with van der Waals surface area (Å²) >= 11 is 1.38. The van der Waals surface area contributed by atoms with Crippen LogP contribution in [-0.4, -0.2) is 76.0 Å². The van der Waals surface area contributed by atoms with Gasteiger partial charge in [-0.25, -0.2) is 12.7 Å². The Kier molecular flexibility index (Phi) is 11.5. The first kappa shape index (κ1) is 29.7. The van der Waals surface area contributed by atoms with Gasteiger partial charge in [0.1, 0.15) is 0 Å². The Morgan fingerprint density at radius 1 is 0.973 bits per heavy atom. The number of hydrogen-bond acceptors (Lipinski definition) is 6. The lowest BCUT2D eigenvalue weighted by Gasteiger charge is -2.40. The smallest absolute Gasteiger partial charge is 0.243 e. The van der Waals surface area contributed by atoms with Crippen molar-refractivity contribution < 1.29 is 13.2 Å². The molecule has 1 saturated heterocycles. The molecule has 0 aliphatic carbocycles. The first-order valence-electron chi connectivity index (χ1n) is 13.5. The van der Waals surface area contributed by atoms with Gasteiger partial charge in [0.05, 0.1) is 4.90 Å². The second-order valence-corrected chi connectivity index (χ2v) is 12.9. The summed E-state index contributed by atoms with van der Waals surface area (Å²) in [5, 5.41) is 0. The van der Waals surface area contributed by atoms with Crippen LogP contribution in [0.2, 0.25) is 0 Å². The average Bonchev–Trinajstić information content (AvgIpc) is 2.92. The SMILES string of the molecule is CCCCC(CCCCC(=O)c1ccc(SC)c(S(=O)(=O)N(C)C)c1)N1CCN(c2ccccc2)CC1. The fourth-order valence-electron chi connectivity index (χ4n) is 4.99. The number of sulfonamides is 1. The van der Waals surface area contributed by atoms with Gasteiger partial charge in [-0.05, 0) is 49.8 Å². The maximum Gasteiger partial charge on any atom is 0.243 e. The molecule has 0 saturated carbocycles. The van der Waals surface area contributed by atoms with Crippen molar-refractivity contribution in [2.24, 2.45) is 0 Å². The Bertz CT molecular complexity index is 1100. The molecule has 0 bridgehead atoms. The van der Waals surface area contributed by atoms with Gasteiger partial charge in [0.15, 0.2) is 5.78 Å². The van der Waals surface area contributed by atoms with E-state index in [1.54, 1.807) is 18.2 Å². The quantitative estimate of drug-likeness (QED) is 0.170. The predicted molar refractivity (Wildman–Crippen MR) is 155 cm³/mol. The van der Waals surface area contributed by atoms with Crippen molar-refractivity contribution >= 4 is 33.3 Å². The number of carbonyl (C=O) groups excluding carboxylic acids is 1. The fraction of sp³-hybridized carbons (Fsp3) is 0.552. The number of thioether (sulfide) groups is 1. The van der Waals surface area contributed by atoms with Crippen LogP contribution >= 0.6 is 11.8 Å². The summed E-state index contributed by atoms with van der Waals surface area (Å²) in [5.74, 6) is 0.0180. The van der Waals surface area contributed by atoms with Gasteiger partial charge in [-0.15, -0.1) is 11.8 Å². The molecule has 6 nitrogen and oxygen atoms in total. The minimum Gasteiger partial charge on any atom is -0.369 e. The van der Waals surface area contributed by atoms with Crippen LogP contribution in [0.4, 0.5) is 5.69 Å². The van der Waals surface area contributed by atoms with Gasteiger partial charge in [0, 0.05) is 68.9 Å². The number of piperazine rings is 1. The molecule has 0 radical (unpaired) electrons. The van der Waals surface area contributed by atoms with Crippen molar-refractivity contribution in [2.75, 3.05) is 51.4 Å². The van der Waals surface area contributed by atoms with E-state index in [4.69, 9.17) is 0 Å². The first-order valence-corrected chi connectivity index (χ1v) is 16.1. The topological polar surface area (TPSA) is 60.9 Å². The normalized spacial score (nSPS) is 15.8. The molecule has 1 atom stereocenters. The number of unbranched alkanes of at least 4 members (excludes halogenated alkanes) is 2. The van der Waals surface area contributed by atoms with Gasteiger partial charge < -0.3 is 4.90 Å². The highest BCUT2D eigenvalue weighted by molar-refractivity contribution is 7.99. The van der Waals surface area contributed by atoms with E-state index >= 15 is 0 Å². The molecule has 2 aromatic rings. The van der Waals surface area contributed by atoms with Crippen LogP contribution < -0.4 is 4.90 Å². The molecule has 0 spiro atoms. The Hall–Kier alpha value is -1.87. The van der Waals surface area contributed by atoms with Gasteiger partial charge in [0.25, 0.3) is 0 Å². The van der Waals surface area contributed by atoms with Crippen LogP contribution in [0.15, 0.2) is 58.3 Å². The van der Waals surface area contributed by atoms with E-state index in [2.05, 4.69) is 47.1 Å². The first-order chi connectivity index (χ1) is 17.8. The molecule has 1 aliphatic heterocycles. The lowest BCUT2D eigenvalue weighted by molar-refractivity contribution is 0.0976. The molecule has 3 rings (SSSR count). The van der Waals surface area contributed by atoms with E-state index in [1.807, 2.05) is 6.26 Å². The lowest BCUT2D eigenvalue weighted by atomic mass is 9.98. The van der Waals surface area contributed by atoms with Crippen LogP contribution in [0, 0.1) is 0 Å². The van der Waals surface area contributed by atoms with Crippen molar-refractivity contribution in [3.05, 3.63) is 54.1 Å². The number of benzene rings is 2. The van der Waals surface area contributed by atoms with Gasteiger partial charge in [-0.3, -0.25) is 9.69 Å². The largest absolute Gasteiger partial charge is 0.369 e. The Morgan fingerprint density at radius 2 is 1.65 bits per heavy atom. The third-order valence-corrected chi connectivity index (χ3v) is 10.1. The summed E-state index contributed by atoms with van der Waals surface area (Å²) in [5.41, 5.74) is 1.79. The molecular formula is C29H43N3O3S2. The highest BCUT2D eigenvalue weighted by atomic mass is 32.2. The number of carbonyl (C=O) groups is 1. The van der Waals surface area contributed by atoms with Gasteiger partial charge in [-0.2, -0.15) is 0 Å². The number of anilines is 1. The molecule has 0 aromatic heterocycles. The molecule has 1 unspecified atom stereocenters. The monoisotopic (exact) mass is 545 g/mol. The summed E-state index contributed by atoms with van der Waals surface area (Å²) in [6.07, 6.45) is 8.86. The van der Waals surface area contributed by atoms with Gasteiger partial charge in [-0.1, -0.05) is 50.5 Å². The Morgan fingerprint density at radius 3 is 2.27 bits per heavy atom. The molecule has 0 N–H and O–H groups in total. The summed E-state index contributed by atoms with van der Waals surface area (Å²) in [6, 6.07) is 16.3. The number of ketones is 1. The molecule has 8 heteroatoms. The lowest BCUT2D eigenvalue weighted by Crippen LogP contribution is -2.50. The molecule has 1 fully saturated rings. The van der Waals surface area contributed by atoms with Gasteiger partial charge in [0.2, 0.25) is 10.0 Å². The van der Waals surface area contributed by atoms with Crippen LogP contribution in [0.1, 0.15) is 62.2 Å². The molecule has 1 heterocycles. The van der Waals surface area contributed by atoms with Crippen LogP contribution in [0.5, 0.6) is 0 Å². The predicted octanol–water partition coefficient (Wildman–Crippen LogP) is 5.78. The standard InChI is InChI=1S/C29H43N3O3S2/c1-5-6-12-25(31-19-21-32(22-20-31)26-13-8-7-9-14-26)15-10-11-16-27(33)24-17-18-28(36-4)29(23-24)37(34,35)30(2)3/h7-9,13-14,17-18,23,25H,5-6,10-12,15-16,19-22H2,1-4H3. The van der Waals surface area contributed by atoms with Crippen molar-refractivity contribution in [1.29, 1.82) is 0 Å². The van der Waals surface area contributed by atoms with Crippen LogP contribution in [0.3, 0.4) is 0 Å². The summed E-state index contributed by atoms with van der Waals surface area (Å²) in [4.78, 5) is 18.9.